The predicted molar refractivity (Wildman–Crippen MR) is 116 cm³/mol. The Kier molecular flexibility index (Phi) is 5.72. The third kappa shape index (κ3) is 4.16. The summed E-state index contributed by atoms with van der Waals surface area (Å²) in [6, 6.07) is 17.3. The minimum Gasteiger partial charge on any atom is -0.360 e. The molecule has 1 aliphatic heterocycles. The van der Waals surface area contributed by atoms with Crippen LogP contribution in [0.1, 0.15) is 21.6 Å². The molecule has 2 aromatic carbocycles. The fourth-order valence-electron chi connectivity index (χ4n) is 3.45. The van der Waals surface area contributed by atoms with E-state index in [0.717, 1.165) is 23.5 Å². The standard InChI is InChI=1S/C22H22ClN5O2/c1-15-20(21(23)28(26-15)18-5-3-2-4-6-18)22(30)25-13-16-7-9-17(10-8-16)27-12-11-24-19(29)14-27/h2-10H,11-14H2,1H3,(H,24,29)(H,25,30). The quantitative estimate of drug-likeness (QED) is 0.661. The lowest BCUT2D eigenvalue weighted by Gasteiger charge is -2.28. The number of aryl methyl sites for hydroxylation is 1. The number of piperazine rings is 1. The predicted octanol–water partition coefficient (Wildman–Crippen LogP) is 2.70. The Morgan fingerprint density at radius 2 is 1.87 bits per heavy atom. The second-order valence-corrected chi connectivity index (χ2v) is 7.48. The summed E-state index contributed by atoms with van der Waals surface area (Å²) in [4.78, 5) is 26.3. The van der Waals surface area contributed by atoms with Gasteiger partial charge in [0.2, 0.25) is 5.91 Å². The normalized spacial score (nSPS) is 13.8. The van der Waals surface area contributed by atoms with Gasteiger partial charge >= 0.3 is 0 Å². The molecule has 1 aromatic heterocycles. The number of rotatable bonds is 5. The zero-order valence-corrected chi connectivity index (χ0v) is 17.3. The van der Waals surface area contributed by atoms with E-state index in [0.29, 0.717) is 30.9 Å². The molecule has 0 saturated carbocycles. The fourth-order valence-corrected chi connectivity index (χ4v) is 3.81. The van der Waals surface area contributed by atoms with E-state index in [1.165, 1.54) is 0 Å². The number of hydrogen-bond acceptors (Lipinski definition) is 4. The maximum absolute atomic E-state index is 12.8. The number of nitrogens with zero attached hydrogens (tertiary/aromatic N) is 3. The smallest absolute Gasteiger partial charge is 0.256 e. The van der Waals surface area contributed by atoms with Crippen LogP contribution in [-0.4, -0.2) is 41.2 Å². The van der Waals surface area contributed by atoms with Crippen molar-refractivity contribution in [2.24, 2.45) is 0 Å². The molecular formula is C22H22ClN5O2. The first-order valence-electron chi connectivity index (χ1n) is 9.72. The molecule has 2 heterocycles. The van der Waals surface area contributed by atoms with Crippen LogP contribution in [0.25, 0.3) is 5.69 Å². The molecule has 4 rings (SSSR count). The summed E-state index contributed by atoms with van der Waals surface area (Å²) in [7, 11) is 0. The molecule has 7 nitrogen and oxygen atoms in total. The van der Waals surface area contributed by atoms with Crippen LogP contribution in [-0.2, 0) is 11.3 Å². The van der Waals surface area contributed by atoms with Crippen LogP contribution in [0.15, 0.2) is 54.6 Å². The average molecular weight is 424 g/mol. The summed E-state index contributed by atoms with van der Waals surface area (Å²) in [6.07, 6.45) is 0. The van der Waals surface area contributed by atoms with Crippen LogP contribution < -0.4 is 15.5 Å². The lowest BCUT2D eigenvalue weighted by molar-refractivity contribution is -0.120. The van der Waals surface area contributed by atoms with Crippen molar-refractivity contribution in [2.45, 2.75) is 13.5 Å². The van der Waals surface area contributed by atoms with Gasteiger partial charge in [-0.05, 0) is 36.8 Å². The number of hydrogen-bond donors (Lipinski definition) is 2. The largest absolute Gasteiger partial charge is 0.360 e. The molecule has 8 heteroatoms. The molecule has 30 heavy (non-hydrogen) atoms. The SMILES string of the molecule is Cc1nn(-c2ccccc2)c(Cl)c1C(=O)NCc1ccc(N2CCNC(=O)C2)cc1. The van der Waals surface area contributed by atoms with Crippen molar-refractivity contribution >= 4 is 29.1 Å². The third-order valence-corrected chi connectivity index (χ3v) is 5.37. The number of benzene rings is 2. The number of anilines is 1. The molecule has 0 unspecified atom stereocenters. The second-order valence-electron chi connectivity index (χ2n) is 7.12. The van der Waals surface area contributed by atoms with Gasteiger partial charge in [0.15, 0.2) is 0 Å². The van der Waals surface area contributed by atoms with Crippen molar-refractivity contribution in [3.8, 4) is 5.69 Å². The number of carbonyl (C=O) groups is 2. The highest BCUT2D eigenvalue weighted by molar-refractivity contribution is 6.33. The van der Waals surface area contributed by atoms with Crippen molar-refractivity contribution in [1.29, 1.82) is 0 Å². The van der Waals surface area contributed by atoms with Crippen molar-refractivity contribution in [2.75, 3.05) is 24.5 Å². The summed E-state index contributed by atoms with van der Waals surface area (Å²) < 4.78 is 1.56. The van der Waals surface area contributed by atoms with E-state index in [-0.39, 0.29) is 17.0 Å². The molecule has 0 aliphatic carbocycles. The number of amides is 2. The molecule has 0 bridgehead atoms. The minimum absolute atomic E-state index is 0.0286. The van der Waals surface area contributed by atoms with E-state index < -0.39 is 0 Å². The highest BCUT2D eigenvalue weighted by Gasteiger charge is 2.21. The highest BCUT2D eigenvalue weighted by Crippen LogP contribution is 2.23. The van der Waals surface area contributed by atoms with Crippen molar-refractivity contribution < 1.29 is 9.59 Å². The van der Waals surface area contributed by atoms with Gasteiger partial charge in [-0.3, -0.25) is 9.59 Å². The van der Waals surface area contributed by atoms with Crippen LogP contribution in [0.5, 0.6) is 0 Å². The maximum atomic E-state index is 12.8. The Morgan fingerprint density at radius 1 is 1.13 bits per heavy atom. The molecular weight excluding hydrogens is 402 g/mol. The molecule has 0 radical (unpaired) electrons. The summed E-state index contributed by atoms with van der Waals surface area (Å²) >= 11 is 6.46. The van der Waals surface area contributed by atoms with E-state index in [4.69, 9.17) is 11.6 Å². The zero-order chi connectivity index (χ0) is 21.1. The Labute approximate surface area is 179 Å². The number of para-hydroxylation sites is 1. The molecule has 0 spiro atoms. The Balaban J connectivity index is 1.43. The Bertz CT molecular complexity index is 1060. The van der Waals surface area contributed by atoms with Crippen LogP contribution in [0.2, 0.25) is 5.15 Å². The second kappa shape index (κ2) is 8.59. The summed E-state index contributed by atoms with van der Waals surface area (Å²) in [5.74, 6) is -0.239. The van der Waals surface area contributed by atoms with Crippen molar-refractivity contribution in [3.63, 3.8) is 0 Å². The van der Waals surface area contributed by atoms with Crippen LogP contribution in [0.4, 0.5) is 5.69 Å². The van der Waals surface area contributed by atoms with Gasteiger partial charge in [-0.2, -0.15) is 5.10 Å². The van der Waals surface area contributed by atoms with Gasteiger partial charge in [-0.1, -0.05) is 41.9 Å². The average Bonchev–Trinajstić information content (AvgIpc) is 3.07. The Morgan fingerprint density at radius 3 is 2.57 bits per heavy atom. The Hall–Kier alpha value is -3.32. The maximum Gasteiger partial charge on any atom is 0.256 e. The van der Waals surface area contributed by atoms with Gasteiger partial charge in [0.05, 0.1) is 23.5 Å². The number of halogens is 1. The van der Waals surface area contributed by atoms with E-state index in [9.17, 15) is 9.59 Å². The molecule has 2 N–H and O–H groups in total. The number of aromatic nitrogens is 2. The molecule has 2 amide bonds. The summed E-state index contributed by atoms with van der Waals surface area (Å²) in [5, 5.41) is 10.4. The van der Waals surface area contributed by atoms with Crippen molar-refractivity contribution in [3.05, 3.63) is 76.6 Å². The summed E-state index contributed by atoms with van der Waals surface area (Å²) in [6.45, 7) is 3.92. The lowest BCUT2D eigenvalue weighted by atomic mass is 10.1. The van der Waals surface area contributed by atoms with E-state index in [1.54, 1.807) is 11.6 Å². The molecule has 3 aromatic rings. The lowest BCUT2D eigenvalue weighted by Crippen LogP contribution is -2.47. The van der Waals surface area contributed by atoms with Crippen LogP contribution in [0.3, 0.4) is 0 Å². The van der Waals surface area contributed by atoms with Gasteiger partial charge in [0, 0.05) is 25.3 Å². The monoisotopic (exact) mass is 423 g/mol. The first-order valence-corrected chi connectivity index (χ1v) is 10.1. The van der Waals surface area contributed by atoms with E-state index in [2.05, 4.69) is 15.7 Å². The first-order chi connectivity index (χ1) is 14.5. The molecule has 0 atom stereocenters. The third-order valence-electron chi connectivity index (χ3n) is 5.02. The van der Waals surface area contributed by atoms with Gasteiger partial charge in [-0.25, -0.2) is 4.68 Å². The molecule has 1 saturated heterocycles. The van der Waals surface area contributed by atoms with Crippen LogP contribution >= 0.6 is 11.6 Å². The summed E-state index contributed by atoms with van der Waals surface area (Å²) in [5.41, 5.74) is 3.68. The number of nitrogens with one attached hydrogen (secondary N) is 2. The van der Waals surface area contributed by atoms with Gasteiger partial charge < -0.3 is 15.5 Å². The van der Waals surface area contributed by atoms with Crippen molar-refractivity contribution in [1.82, 2.24) is 20.4 Å². The van der Waals surface area contributed by atoms with E-state index >= 15 is 0 Å². The van der Waals surface area contributed by atoms with Gasteiger partial charge in [0.1, 0.15) is 5.15 Å². The molecule has 154 valence electrons. The molecule has 1 fully saturated rings. The number of carbonyl (C=O) groups excluding carboxylic acids is 2. The molecule has 1 aliphatic rings. The van der Waals surface area contributed by atoms with Gasteiger partial charge in [0.25, 0.3) is 5.91 Å². The van der Waals surface area contributed by atoms with E-state index in [1.807, 2.05) is 59.5 Å². The minimum atomic E-state index is -0.267. The highest BCUT2D eigenvalue weighted by atomic mass is 35.5. The first kappa shape index (κ1) is 20.0. The topological polar surface area (TPSA) is 79.3 Å². The zero-order valence-electron chi connectivity index (χ0n) is 16.6. The van der Waals surface area contributed by atoms with Gasteiger partial charge in [-0.15, -0.1) is 0 Å². The van der Waals surface area contributed by atoms with Crippen LogP contribution in [0, 0.1) is 6.92 Å². The fraction of sp³-hybridized carbons (Fsp3) is 0.227.